The zero-order valence-electron chi connectivity index (χ0n) is 19.1. The normalized spacial score (nSPS) is 17.2. The van der Waals surface area contributed by atoms with Gasteiger partial charge in [-0.05, 0) is 53.7 Å². The topological polar surface area (TPSA) is 140 Å². The van der Waals surface area contributed by atoms with Crippen LogP contribution in [0.25, 0.3) is 5.82 Å². The predicted octanol–water partition coefficient (Wildman–Crippen LogP) is 2.49. The van der Waals surface area contributed by atoms with Gasteiger partial charge in [-0.15, -0.1) is 5.10 Å². The number of carbonyl (C=O) groups excluding carboxylic acids is 1. The van der Waals surface area contributed by atoms with Gasteiger partial charge in [-0.25, -0.2) is 10.1 Å². The fourth-order valence-corrected chi connectivity index (χ4v) is 3.90. The fourth-order valence-electron chi connectivity index (χ4n) is 3.90. The Morgan fingerprint density at radius 2 is 2.09 bits per heavy atom. The summed E-state index contributed by atoms with van der Waals surface area (Å²) in [6.07, 6.45) is 4.98. The van der Waals surface area contributed by atoms with Gasteiger partial charge in [0.2, 0.25) is 11.6 Å². The number of nitrogens with one attached hydrogen (secondary N) is 1. The zero-order valence-corrected chi connectivity index (χ0v) is 19.1. The molecule has 0 aliphatic carbocycles. The van der Waals surface area contributed by atoms with E-state index in [0.717, 1.165) is 24.9 Å². The fraction of sp³-hybridized carbons (Fsp3) is 0.455. The lowest BCUT2D eigenvalue weighted by molar-refractivity contribution is 0.0945. The SMILES string of the molecule is CC(C)c1ccc(C=NNC(=O)c2nnn(-c3nonc3N)c2CN2CCCCC2C)cc1. The first-order valence-electron chi connectivity index (χ1n) is 11.1. The van der Waals surface area contributed by atoms with Crippen molar-refractivity contribution in [3.05, 3.63) is 46.8 Å². The van der Waals surface area contributed by atoms with Crippen molar-refractivity contribution in [1.82, 2.24) is 35.6 Å². The van der Waals surface area contributed by atoms with Crippen LogP contribution < -0.4 is 11.2 Å². The second-order valence-corrected chi connectivity index (χ2v) is 8.61. The van der Waals surface area contributed by atoms with E-state index in [4.69, 9.17) is 10.4 Å². The van der Waals surface area contributed by atoms with Gasteiger partial charge in [0.1, 0.15) is 0 Å². The predicted molar refractivity (Wildman–Crippen MR) is 123 cm³/mol. The van der Waals surface area contributed by atoms with Crippen LogP contribution in [0.5, 0.6) is 0 Å². The molecule has 11 heteroatoms. The van der Waals surface area contributed by atoms with Crippen LogP contribution in [-0.2, 0) is 6.54 Å². The van der Waals surface area contributed by atoms with E-state index in [-0.39, 0.29) is 17.3 Å². The Morgan fingerprint density at radius 1 is 1.30 bits per heavy atom. The highest BCUT2D eigenvalue weighted by Crippen LogP contribution is 2.22. The molecule has 3 N–H and O–H groups in total. The molecule has 0 saturated carbocycles. The maximum absolute atomic E-state index is 12.9. The number of carbonyl (C=O) groups is 1. The lowest BCUT2D eigenvalue weighted by atomic mass is 10.0. The molecule has 1 atom stereocenters. The molecule has 1 aliphatic rings. The summed E-state index contributed by atoms with van der Waals surface area (Å²) < 4.78 is 6.13. The van der Waals surface area contributed by atoms with Crippen molar-refractivity contribution in [2.75, 3.05) is 12.3 Å². The molecule has 1 aromatic carbocycles. The second-order valence-electron chi connectivity index (χ2n) is 8.61. The monoisotopic (exact) mass is 451 g/mol. The average Bonchev–Trinajstić information content (AvgIpc) is 3.41. The van der Waals surface area contributed by atoms with Crippen molar-refractivity contribution >= 4 is 17.9 Å². The Balaban J connectivity index is 1.55. The van der Waals surface area contributed by atoms with Gasteiger partial charge in [0.15, 0.2) is 5.69 Å². The minimum Gasteiger partial charge on any atom is -0.378 e. The highest BCUT2D eigenvalue weighted by Gasteiger charge is 2.28. The molecule has 2 aromatic heterocycles. The maximum atomic E-state index is 12.9. The number of nitrogens with two attached hydrogens (primary N) is 1. The summed E-state index contributed by atoms with van der Waals surface area (Å²) in [6.45, 7) is 7.84. The Bertz CT molecular complexity index is 1120. The lowest BCUT2D eigenvalue weighted by Crippen LogP contribution is -2.38. The van der Waals surface area contributed by atoms with Crippen LogP contribution in [0.4, 0.5) is 5.82 Å². The number of anilines is 1. The van der Waals surface area contributed by atoms with Crippen LogP contribution in [0.2, 0.25) is 0 Å². The molecule has 0 spiro atoms. The maximum Gasteiger partial charge on any atom is 0.293 e. The van der Waals surface area contributed by atoms with Crippen molar-refractivity contribution < 1.29 is 9.42 Å². The Kier molecular flexibility index (Phi) is 6.78. The smallest absolute Gasteiger partial charge is 0.293 e. The van der Waals surface area contributed by atoms with Gasteiger partial charge in [0, 0.05) is 12.6 Å². The summed E-state index contributed by atoms with van der Waals surface area (Å²) >= 11 is 0. The van der Waals surface area contributed by atoms with E-state index in [1.807, 2.05) is 24.3 Å². The number of likely N-dealkylation sites (tertiary alicyclic amines) is 1. The summed E-state index contributed by atoms with van der Waals surface area (Å²) in [5.74, 6) is 0.261. The van der Waals surface area contributed by atoms with Crippen LogP contribution in [-0.4, -0.2) is 54.9 Å². The number of amides is 1. The zero-order chi connectivity index (χ0) is 23.4. The van der Waals surface area contributed by atoms with Gasteiger partial charge >= 0.3 is 0 Å². The second kappa shape index (κ2) is 9.90. The molecule has 1 amide bonds. The van der Waals surface area contributed by atoms with Gasteiger partial charge in [0.05, 0.1) is 11.9 Å². The van der Waals surface area contributed by atoms with Crippen LogP contribution in [0, 0.1) is 0 Å². The molecule has 0 bridgehead atoms. The number of benzene rings is 1. The standard InChI is InChI=1S/C22H29N9O2/c1-14(2)17-9-7-16(8-10-17)12-24-26-22(32)19-18(13-30-11-5-4-6-15(30)3)31(29-25-19)21-20(23)27-33-28-21/h7-10,12,14-15H,4-6,11,13H2,1-3H3,(H2,23,27)(H,26,32). The summed E-state index contributed by atoms with van der Waals surface area (Å²) in [5.41, 5.74) is 11.3. The first-order valence-corrected chi connectivity index (χ1v) is 11.1. The van der Waals surface area contributed by atoms with E-state index in [1.165, 1.54) is 16.7 Å². The summed E-state index contributed by atoms with van der Waals surface area (Å²) in [4.78, 5) is 15.2. The van der Waals surface area contributed by atoms with Crippen LogP contribution in [0.3, 0.4) is 0 Å². The third-order valence-corrected chi connectivity index (χ3v) is 5.95. The largest absolute Gasteiger partial charge is 0.378 e. The lowest BCUT2D eigenvalue weighted by Gasteiger charge is -2.33. The van der Waals surface area contributed by atoms with E-state index in [9.17, 15) is 4.79 Å². The molecule has 4 rings (SSSR count). The van der Waals surface area contributed by atoms with E-state index < -0.39 is 5.91 Å². The Hall–Kier alpha value is -3.60. The highest BCUT2D eigenvalue weighted by atomic mass is 16.6. The molecule has 3 heterocycles. The molecule has 3 aromatic rings. The first kappa shape index (κ1) is 22.6. The van der Waals surface area contributed by atoms with Gasteiger partial charge in [0.25, 0.3) is 5.91 Å². The van der Waals surface area contributed by atoms with Gasteiger partial charge in [-0.2, -0.15) is 9.78 Å². The van der Waals surface area contributed by atoms with Crippen molar-refractivity contribution in [1.29, 1.82) is 0 Å². The van der Waals surface area contributed by atoms with Gasteiger partial charge < -0.3 is 5.73 Å². The number of hydrogen-bond acceptors (Lipinski definition) is 9. The van der Waals surface area contributed by atoms with E-state index >= 15 is 0 Å². The number of piperidine rings is 1. The Labute approximate surface area is 192 Å². The van der Waals surface area contributed by atoms with Crippen molar-refractivity contribution in [2.45, 2.75) is 58.5 Å². The van der Waals surface area contributed by atoms with E-state index in [0.29, 0.717) is 24.2 Å². The third kappa shape index (κ3) is 5.08. The number of aromatic nitrogens is 5. The number of hydrazone groups is 1. The molecular formula is C22H29N9O2. The minimum absolute atomic E-state index is 0.0719. The summed E-state index contributed by atoms with van der Waals surface area (Å²) in [5, 5.41) is 19.7. The van der Waals surface area contributed by atoms with Gasteiger partial charge in [-0.3, -0.25) is 9.69 Å². The van der Waals surface area contributed by atoms with Crippen LogP contribution >= 0.6 is 0 Å². The van der Waals surface area contributed by atoms with Gasteiger partial charge in [-0.1, -0.05) is 49.7 Å². The van der Waals surface area contributed by atoms with E-state index in [2.05, 4.69) is 56.8 Å². The van der Waals surface area contributed by atoms with Crippen molar-refractivity contribution in [2.24, 2.45) is 5.10 Å². The number of hydrogen-bond donors (Lipinski definition) is 2. The number of nitrogen functional groups attached to an aromatic ring is 1. The summed E-state index contributed by atoms with van der Waals surface area (Å²) in [6, 6.07) is 8.40. The quantitative estimate of drug-likeness (QED) is 0.412. The Morgan fingerprint density at radius 3 is 2.76 bits per heavy atom. The third-order valence-electron chi connectivity index (χ3n) is 5.95. The first-order chi connectivity index (χ1) is 15.9. The van der Waals surface area contributed by atoms with Crippen LogP contribution in [0.15, 0.2) is 34.0 Å². The number of rotatable bonds is 7. The molecular weight excluding hydrogens is 422 g/mol. The van der Waals surface area contributed by atoms with Crippen molar-refractivity contribution in [3.8, 4) is 5.82 Å². The molecule has 1 fully saturated rings. The molecule has 1 aliphatic heterocycles. The summed E-state index contributed by atoms with van der Waals surface area (Å²) in [7, 11) is 0. The highest BCUT2D eigenvalue weighted by molar-refractivity contribution is 5.94. The molecule has 174 valence electrons. The molecule has 11 nitrogen and oxygen atoms in total. The molecule has 1 unspecified atom stereocenters. The molecule has 33 heavy (non-hydrogen) atoms. The van der Waals surface area contributed by atoms with Crippen LogP contribution in [0.1, 0.15) is 73.3 Å². The molecule has 1 saturated heterocycles. The average molecular weight is 452 g/mol. The minimum atomic E-state index is -0.467. The number of nitrogens with zero attached hydrogens (tertiary/aromatic N) is 7. The van der Waals surface area contributed by atoms with Crippen molar-refractivity contribution in [3.63, 3.8) is 0 Å². The molecule has 0 radical (unpaired) electrons. The van der Waals surface area contributed by atoms with E-state index in [1.54, 1.807) is 6.21 Å².